The maximum absolute atomic E-state index is 12.7. The van der Waals surface area contributed by atoms with Crippen LogP contribution in [0.3, 0.4) is 0 Å². The molecule has 4 rings (SSSR count). The lowest BCUT2D eigenvalue weighted by Gasteiger charge is -2.19. The highest BCUT2D eigenvalue weighted by atomic mass is 32.2. The van der Waals surface area contributed by atoms with Crippen molar-refractivity contribution < 1.29 is 9.59 Å². The Morgan fingerprint density at radius 2 is 1.93 bits per heavy atom. The van der Waals surface area contributed by atoms with Crippen LogP contribution in [0.1, 0.15) is 23.9 Å². The number of benzene rings is 2. The van der Waals surface area contributed by atoms with Gasteiger partial charge in [-0.1, -0.05) is 54.7 Å². The van der Waals surface area contributed by atoms with Crippen molar-refractivity contribution in [3.8, 4) is 0 Å². The van der Waals surface area contributed by atoms with Gasteiger partial charge >= 0.3 is 0 Å². The third-order valence-electron chi connectivity index (χ3n) is 4.96. The minimum atomic E-state index is -0.395. The molecule has 1 atom stereocenters. The molecule has 0 bridgehead atoms. The summed E-state index contributed by atoms with van der Waals surface area (Å²) in [7, 11) is 0. The van der Waals surface area contributed by atoms with Crippen molar-refractivity contribution in [3.63, 3.8) is 0 Å². The van der Waals surface area contributed by atoms with Crippen molar-refractivity contribution in [1.82, 2.24) is 10.2 Å². The smallest absolute Gasteiger partial charge is 0.231 e. The van der Waals surface area contributed by atoms with Crippen molar-refractivity contribution in [2.45, 2.75) is 30.4 Å². The van der Waals surface area contributed by atoms with E-state index in [-0.39, 0.29) is 18.2 Å². The van der Waals surface area contributed by atoms with Gasteiger partial charge < -0.3 is 10.2 Å². The highest BCUT2D eigenvalue weighted by Gasteiger charge is 2.36. The average Bonchev–Trinajstić information content (AvgIpc) is 3.39. The second-order valence-electron chi connectivity index (χ2n) is 6.98. The fourth-order valence-electron chi connectivity index (χ4n) is 3.42. The Kier molecular flexibility index (Phi) is 6.44. The number of carbonyl (C=O) groups is 2. The fraction of sp³-hybridized carbons (Fsp3) is 0.273. The minimum absolute atomic E-state index is 0.0201. The van der Waals surface area contributed by atoms with Gasteiger partial charge in [-0.25, -0.2) is 0 Å². The predicted molar refractivity (Wildman–Crippen MR) is 121 cm³/mol. The third-order valence-corrected chi connectivity index (χ3v) is 7.01. The number of anilines is 2. The Labute approximate surface area is 183 Å². The summed E-state index contributed by atoms with van der Waals surface area (Å²) >= 11 is 3.05. The van der Waals surface area contributed by atoms with E-state index in [0.29, 0.717) is 17.4 Å². The number of amides is 2. The van der Waals surface area contributed by atoms with Crippen LogP contribution in [0.15, 0.2) is 59.5 Å². The van der Waals surface area contributed by atoms with Gasteiger partial charge in [-0.3, -0.25) is 9.59 Å². The molecular formula is C22H22N4O2S2. The van der Waals surface area contributed by atoms with Crippen molar-refractivity contribution in [2.24, 2.45) is 5.92 Å². The molecule has 0 spiro atoms. The molecule has 1 fully saturated rings. The van der Waals surface area contributed by atoms with Crippen LogP contribution in [0.5, 0.6) is 0 Å². The van der Waals surface area contributed by atoms with Crippen LogP contribution in [-0.4, -0.2) is 28.6 Å². The Morgan fingerprint density at radius 1 is 1.17 bits per heavy atom. The van der Waals surface area contributed by atoms with Gasteiger partial charge in [-0.2, -0.15) is 0 Å². The Hall–Kier alpha value is -2.71. The number of aromatic nitrogens is 2. The Balaban J connectivity index is 1.35. The summed E-state index contributed by atoms with van der Waals surface area (Å²) < 4.78 is 0. The number of hydrogen-bond donors (Lipinski definition) is 1. The van der Waals surface area contributed by atoms with E-state index in [1.165, 1.54) is 11.3 Å². The Morgan fingerprint density at radius 3 is 2.73 bits per heavy atom. The van der Waals surface area contributed by atoms with Gasteiger partial charge in [0.15, 0.2) is 0 Å². The number of rotatable bonds is 7. The summed E-state index contributed by atoms with van der Waals surface area (Å²) in [5, 5.41) is 12.4. The second kappa shape index (κ2) is 9.40. The van der Waals surface area contributed by atoms with Gasteiger partial charge in [-0.05, 0) is 30.2 Å². The molecule has 1 aliphatic rings. The molecule has 0 radical (unpaired) electrons. The standard InChI is InChI=1S/C22H22N4O2S2/c1-2-15-8-6-7-11-18(15)26-13-16(12-20(26)27)21(28)23-22-25-24-19(30-22)14-29-17-9-4-3-5-10-17/h3-11,16H,2,12-14H2,1H3,(H,23,25,28). The summed E-state index contributed by atoms with van der Waals surface area (Å²) in [6.07, 6.45) is 1.05. The molecule has 1 saturated heterocycles. The number of thioether (sulfide) groups is 1. The summed E-state index contributed by atoms with van der Waals surface area (Å²) in [5.74, 6) is 0.0982. The van der Waals surface area contributed by atoms with Crippen molar-refractivity contribution in [1.29, 1.82) is 0 Å². The van der Waals surface area contributed by atoms with Crippen molar-refractivity contribution in [2.75, 3.05) is 16.8 Å². The van der Waals surface area contributed by atoms with Gasteiger partial charge in [-0.15, -0.1) is 22.0 Å². The first-order valence-electron chi connectivity index (χ1n) is 9.83. The number of aryl methyl sites for hydroxylation is 1. The number of para-hydroxylation sites is 1. The molecule has 1 unspecified atom stereocenters. The average molecular weight is 439 g/mol. The maximum Gasteiger partial charge on any atom is 0.231 e. The lowest BCUT2D eigenvalue weighted by molar-refractivity contribution is -0.122. The van der Waals surface area contributed by atoms with Crippen LogP contribution in [0.25, 0.3) is 0 Å². The number of hydrogen-bond acceptors (Lipinski definition) is 6. The van der Waals surface area contributed by atoms with E-state index in [9.17, 15) is 9.59 Å². The quantitative estimate of drug-likeness (QED) is 0.554. The maximum atomic E-state index is 12.7. The number of nitrogens with one attached hydrogen (secondary N) is 1. The molecule has 2 aromatic carbocycles. The molecule has 8 heteroatoms. The monoisotopic (exact) mass is 438 g/mol. The minimum Gasteiger partial charge on any atom is -0.311 e. The van der Waals surface area contributed by atoms with Gasteiger partial charge in [0.05, 0.1) is 11.7 Å². The van der Waals surface area contributed by atoms with Gasteiger partial charge in [0.25, 0.3) is 0 Å². The molecular weight excluding hydrogens is 416 g/mol. The molecule has 1 aromatic heterocycles. The summed E-state index contributed by atoms with van der Waals surface area (Å²) in [5.41, 5.74) is 2.01. The van der Waals surface area contributed by atoms with Gasteiger partial charge in [0.1, 0.15) is 5.01 Å². The van der Waals surface area contributed by atoms with Crippen LogP contribution < -0.4 is 10.2 Å². The largest absolute Gasteiger partial charge is 0.311 e. The second-order valence-corrected chi connectivity index (χ2v) is 9.09. The zero-order chi connectivity index (χ0) is 20.9. The van der Waals surface area contributed by atoms with E-state index >= 15 is 0 Å². The highest BCUT2D eigenvalue weighted by molar-refractivity contribution is 7.98. The van der Waals surface area contributed by atoms with Crippen LogP contribution >= 0.6 is 23.1 Å². The number of carbonyl (C=O) groups excluding carboxylic acids is 2. The zero-order valence-electron chi connectivity index (χ0n) is 16.6. The first kappa shape index (κ1) is 20.6. The Bertz CT molecular complexity index is 1040. The molecule has 1 N–H and O–H groups in total. The predicted octanol–water partition coefficient (Wildman–Crippen LogP) is 4.38. The molecule has 3 aromatic rings. The van der Waals surface area contributed by atoms with E-state index in [0.717, 1.165) is 27.6 Å². The first-order valence-corrected chi connectivity index (χ1v) is 11.6. The third kappa shape index (κ3) is 4.71. The van der Waals surface area contributed by atoms with Crippen molar-refractivity contribution >= 4 is 45.7 Å². The van der Waals surface area contributed by atoms with E-state index < -0.39 is 5.92 Å². The first-order chi connectivity index (χ1) is 14.6. The van der Waals surface area contributed by atoms with Crippen LogP contribution in [-0.2, 0) is 21.8 Å². The number of nitrogens with zero attached hydrogens (tertiary/aromatic N) is 3. The highest BCUT2D eigenvalue weighted by Crippen LogP contribution is 2.30. The normalized spacial score (nSPS) is 16.1. The lowest BCUT2D eigenvalue weighted by atomic mass is 10.1. The zero-order valence-corrected chi connectivity index (χ0v) is 18.2. The molecule has 0 saturated carbocycles. The molecule has 1 aliphatic heterocycles. The van der Waals surface area contributed by atoms with Crippen LogP contribution in [0, 0.1) is 5.92 Å². The molecule has 30 heavy (non-hydrogen) atoms. The van der Waals surface area contributed by atoms with Gasteiger partial charge in [0.2, 0.25) is 16.9 Å². The van der Waals surface area contributed by atoms with Gasteiger partial charge in [0, 0.05) is 23.5 Å². The van der Waals surface area contributed by atoms with E-state index in [1.807, 2.05) is 54.6 Å². The van der Waals surface area contributed by atoms with E-state index in [2.05, 4.69) is 22.4 Å². The molecule has 2 heterocycles. The molecule has 2 amide bonds. The summed E-state index contributed by atoms with van der Waals surface area (Å²) in [4.78, 5) is 28.2. The topological polar surface area (TPSA) is 75.2 Å². The summed E-state index contributed by atoms with van der Waals surface area (Å²) in [6, 6.07) is 17.9. The summed E-state index contributed by atoms with van der Waals surface area (Å²) in [6.45, 7) is 2.45. The molecule has 0 aliphatic carbocycles. The van der Waals surface area contributed by atoms with E-state index in [4.69, 9.17) is 0 Å². The van der Waals surface area contributed by atoms with E-state index in [1.54, 1.807) is 16.7 Å². The molecule has 6 nitrogen and oxygen atoms in total. The van der Waals surface area contributed by atoms with Crippen LogP contribution in [0.4, 0.5) is 10.8 Å². The molecule has 154 valence electrons. The SMILES string of the molecule is CCc1ccccc1N1CC(C(=O)Nc2nnc(CSc3ccccc3)s2)CC1=O. The van der Waals surface area contributed by atoms with Crippen molar-refractivity contribution in [3.05, 3.63) is 65.2 Å². The fourth-order valence-corrected chi connectivity index (χ4v) is 5.07. The van der Waals surface area contributed by atoms with Crippen LogP contribution in [0.2, 0.25) is 0 Å². The lowest BCUT2D eigenvalue weighted by Crippen LogP contribution is -2.28.